The van der Waals surface area contributed by atoms with E-state index in [9.17, 15) is 9.59 Å². The van der Waals surface area contributed by atoms with E-state index in [4.69, 9.17) is 0 Å². The van der Waals surface area contributed by atoms with E-state index in [1.807, 2.05) is 17.0 Å². The van der Waals surface area contributed by atoms with Crippen molar-refractivity contribution in [1.82, 2.24) is 10.2 Å². The molecule has 4 heteroatoms. The van der Waals surface area contributed by atoms with Gasteiger partial charge in [-0.3, -0.25) is 9.59 Å². The van der Waals surface area contributed by atoms with Crippen molar-refractivity contribution in [3.05, 3.63) is 35.4 Å². The minimum Gasteiger partial charge on any atom is -0.354 e. The average molecular weight is 328 g/mol. The first kappa shape index (κ1) is 17.0. The Morgan fingerprint density at radius 1 is 1.17 bits per heavy atom. The van der Waals surface area contributed by atoms with Crippen molar-refractivity contribution in [2.24, 2.45) is 11.8 Å². The van der Waals surface area contributed by atoms with Gasteiger partial charge in [0.1, 0.15) is 0 Å². The normalized spacial score (nSPS) is 26.1. The second-order valence-electron chi connectivity index (χ2n) is 7.32. The molecule has 24 heavy (non-hydrogen) atoms. The Bertz CT molecular complexity index is 607. The van der Waals surface area contributed by atoms with Crippen LogP contribution in [-0.2, 0) is 22.4 Å². The van der Waals surface area contributed by atoms with Gasteiger partial charge in [-0.2, -0.15) is 0 Å². The fraction of sp³-hybridized carbons (Fsp3) is 0.600. The van der Waals surface area contributed by atoms with E-state index in [1.54, 1.807) is 6.92 Å². The first-order valence-corrected chi connectivity index (χ1v) is 9.18. The van der Waals surface area contributed by atoms with Gasteiger partial charge in [-0.05, 0) is 48.6 Å². The second kappa shape index (κ2) is 7.37. The smallest absolute Gasteiger partial charge is 0.227 e. The summed E-state index contributed by atoms with van der Waals surface area (Å²) in [4.78, 5) is 25.8. The van der Waals surface area contributed by atoms with Crippen LogP contribution in [0, 0.1) is 11.8 Å². The molecule has 4 nitrogen and oxygen atoms in total. The van der Waals surface area contributed by atoms with Crippen LogP contribution >= 0.6 is 0 Å². The molecule has 130 valence electrons. The maximum Gasteiger partial charge on any atom is 0.227 e. The number of carbonyl (C=O) groups is 2. The lowest BCUT2D eigenvalue weighted by Gasteiger charge is -2.39. The third-order valence-electron chi connectivity index (χ3n) is 5.67. The van der Waals surface area contributed by atoms with Crippen LogP contribution in [0.3, 0.4) is 0 Å². The molecule has 1 saturated heterocycles. The minimum atomic E-state index is 0.0660. The third kappa shape index (κ3) is 3.80. The van der Waals surface area contributed by atoms with Gasteiger partial charge in [0.05, 0.1) is 6.42 Å². The summed E-state index contributed by atoms with van der Waals surface area (Å²) >= 11 is 0. The fourth-order valence-electron chi connectivity index (χ4n) is 4.20. The molecule has 2 amide bonds. The van der Waals surface area contributed by atoms with Crippen LogP contribution in [0.4, 0.5) is 0 Å². The Morgan fingerprint density at radius 2 is 1.88 bits per heavy atom. The zero-order valence-electron chi connectivity index (χ0n) is 14.8. The summed E-state index contributed by atoms with van der Waals surface area (Å²) < 4.78 is 0. The largest absolute Gasteiger partial charge is 0.354 e. The van der Waals surface area contributed by atoms with Gasteiger partial charge in [0.2, 0.25) is 11.8 Å². The van der Waals surface area contributed by atoms with E-state index in [0.717, 1.165) is 38.8 Å². The molecule has 1 aromatic rings. The number of carbonyl (C=O) groups excluding carboxylic acids is 2. The van der Waals surface area contributed by atoms with Crippen LogP contribution in [0.15, 0.2) is 24.3 Å². The Labute approximate surface area is 144 Å². The van der Waals surface area contributed by atoms with Gasteiger partial charge in [0.25, 0.3) is 0 Å². The van der Waals surface area contributed by atoms with Crippen LogP contribution in [0.5, 0.6) is 0 Å². The van der Waals surface area contributed by atoms with Crippen LogP contribution in [0.2, 0.25) is 0 Å². The zero-order valence-corrected chi connectivity index (χ0v) is 14.8. The summed E-state index contributed by atoms with van der Waals surface area (Å²) in [6, 6.07) is 8.61. The number of aryl methyl sites for hydroxylation is 1. The van der Waals surface area contributed by atoms with Gasteiger partial charge in [-0.25, -0.2) is 0 Å². The number of hydrogen-bond acceptors (Lipinski definition) is 2. The maximum absolute atomic E-state index is 12.6. The highest BCUT2D eigenvalue weighted by Gasteiger charge is 2.39. The Morgan fingerprint density at radius 3 is 2.54 bits per heavy atom. The van der Waals surface area contributed by atoms with Crippen LogP contribution in [-0.4, -0.2) is 35.8 Å². The van der Waals surface area contributed by atoms with Gasteiger partial charge in [0, 0.05) is 26.1 Å². The molecule has 1 saturated carbocycles. The molecule has 3 rings (SSSR count). The second-order valence-corrected chi connectivity index (χ2v) is 7.32. The molecule has 2 aliphatic rings. The molecule has 2 fully saturated rings. The van der Waals surface area contributed by atoms with Crippen molar-refractivity contribution in [3.8, 4) is 0 Å². The molecule has 1 aliphatic heterocycles. The highest BCUT2D eigenvalue weighted by atomic mass is 16.2. The Balaban J connectivity index is 1.49. The first-order valence-electron chi connectivity index (χ1n) is 9.18. The van der Waals surface area contributed by atoms with Gasteiger partial charge in [0.15, 0.2) is 0 Å². The van der Waals surface area contributed by atoms with Crippen LogP contribution in [0.25, 0.3) is 0 Å². The fourth-order valence-corrected chi connectivity index (χ4v) is 4.20. The third-order valence-corrected chi connectivity index (χ3v) is 5.67. The molecule has 1 unspecified atom stereocenters. The van der Waals surface area contributed by atoms with E-state index < -0.39 is 0 Å². The number of nitrogens with zero attached hydrogens (tertiary/aromatic N) is 1. The van der Waals surface area contributed by atoms with Gasteiger partial charge >= 0.3 is 0 Å². The van der Waals surface area contributed by atoms with E-state index >= 15 is 0 Å². The quantitative estimate of drug-likeness (QED) is 0.903. The minimum absolute atomic E-state index is 0.0660. The van der Waals surface area contributed by atoms with Gasteiger partial charge in [-0.1, -0.05) is 31.2 Å². The van der Waals surface area contributed by atoms with Crippen LogP contribution < -0.4 is 5.32 Å². The molecule has 1 aromatic carbocycles. The molecule has 0 bridgehead atoms. The predicted molar refractivity (Wildman–Crippen MR) is 94.5 cm³/mol. The number of amides is 2. The topological polar surface area (TPSA) is 49.4 Å². The number of rotatable bonds is 5. The number of likely N-dealkylation sites (tertiary alicyclic amines) is 1. The molecule has 0 aromatic heterocycles. The number of nitrogens with one attached hydrogen (secondary N) is 1. The van der Waals surface area contributed by atoms with E-state index in [2.05, 4.69) is 24.4 Å². The lowest BCUT2D eigenvalue weighted by Crippen LogP contribution is -2.46. The summed E-state index contributed by atoms with van der Waals surface area (Å²) in [5.74, 6) is 1.61. The standard InChI is InChI=1S/C20H28N2O2/c1-3-15-6-4-5-7-16(15)12-20(24)22-9-8-17(13-22)18-10-19(11-18)21-14(2)23/h4-7,17-19H,3,8-13H2,1-2H3,(H,21,23). The van der Waals surface area contributed by atoms with E-state index in [1.165, 1.54) is 11.1 Å². The first-order chi connectivity index (χ1) is 11.6. The molecule has 1 atom stereocenters. The summed E-state index contributed by atoms with van der Waals surface area (Å²) in [7, 11) is 0. The highest BCUT2D eigenvalue weighted by molar-refractivity contribution is 5.79. The molecule has 1 N–H and O–H groups in total. The number of hydrogen-bond donors (Lipinski definition) is 1. The zero-order chi connectivity index (χ0) is 17.1. The molecule has 1 heterocycles. The summed E-state index contributed by atoms with van der Waals surface area (Å²) in [5, 5.41) is 2.99. The van der Waals surface area contributed by atoms with Gasteiger partial charge in [-0.15, -0.1) is 0 Å². The van der Waals surface area contributed by atoms with Crippen molar-refractivity contribution in [2.45, 2.75) is 52.0 Å². The Kier molecular flexibility index (Phi) is 5.22. The molecule has 0 radical (unpaired) electrons. The predicted octanol–water partition coefficient (Wildman–Crippen LogP) is 2.55. The summed E-state index contributed by atoms with van der Waals surface area (Å²) in [6.45, 7) is 5.50. The molecular weight excluding hydrogens is 300 g/mol. The summed E-state index contributed by atoms with van der Waals surface area (Å²) in [5.41, 5.74) is 2.45. The van der Waals surface area contributed by atoms with Crippen molar-refractivity contribution < 1.29 is 9.59 Å². The monoisotopic (exact) mass is 328 g/mol. The van der Waals surface area contributed by atoms with Crippen molar-refractivity contribution >= 4 is 11.8 Å². The SMILES string of the molecule is CCc1ccccc1CC(=O)N1CCC(C2CC(NC(C)=O)C2)C1. The molecule has 1 aliphatic carbocycles. The van der Waals surface area contributed by atoms with Crippen molar-refractivity contribution in [3.63, 3.8) is 0 Å². The average Bonchev–Trinajstić information content (AvgIpc) is 3.00. The van der Waals surface area contributed by atoms with Crippen molar-refractivity contribution in [2.75, 3.05) is 13.1 Å². The van der Waals surface area contributed by atoms with Crippen molar-refractivity contribution in [1.29, 1.82) is 0 Å². The van der Waals surface area contributed by atoms with E-state index in [0.29, 0.717) is 24.3 Å². The number of benzene rings is 1. The highest BCUT2D eigenvalue weighted by Crippen LogP contribution is 2.38. The lowest BCUT2D eigenvalue weighted by molar-refractivity contribution is -0.129. The molecular formula is C20H28N2O2. The van der Waals surface area contributed by atoms with E-state index in [-0.39, 0.29) is 11.8 Å². The molecule has 0 spiro atoms. The summed E-state index contributed by atoms with van der Waals surface area (Å²) in [6.07, 6.45) is 4.75. The Hall–Kier alpha value is -1.84. The maximum atomic E-state index is 12.6. The lowest BCUT2D eigenvalue weighted by atomic mass is 9.72. The van der Waals surface area contributed by atoms with Gasteiger partial charge < -0.3 is 10.2 Å². The van der Waals surface area contributed by atoms with Crippen LogP contribution in [0.1, 0.15) is 44.2 Å².